The standard InChI is InChI=1S/C17H16BrClN2O/c1-22-10-12-9-20-17(13-4-2-3-5-15(13)19)14-8-11(18)6-7-16(14)21-12/h2-8,12,21H,9-10H2,1H3. The Bertz CT molecular complexity index is 718. The van der Waals surface area contributed by atoms with Gasteiger partial charge < -0.3 is 10.1 Å². The van der Waals surface area contributed by atoms with Crippen molar-refractivity contribution in [2.45, 2.75) is 6.04 Å². The van der Waals surface area contributed by atoms with E-state index in [0.29, 0.717) is 18.2 Å². The Labute approximate surface area is 143 Å². The van der Waals surface area contributed by atoms with Crippen LogP contribution in [-0.2, 0) is 4.74 Å². The van der Waals surface area contributed by atoms with Crippen LogP contribution >= 0.6 is 27.5 Å². The summed E-state index contributed by atoms with van der Waals surface area (Å²) in [4.78, 5) is 4.81. The number of benzodiazepines with no additional fused rings is 1. The summed E-state index contributed by atoms with van der Waals surface area (Å²) in [5.74, 6) is 0. The Morgan fingerprint density at radius 1 is 1.27 bits per heavy atom. The van der Waals surface area contributed by atoms with Crippen molar-refractivity contribution in [3.05, 3.63) is 63.1 Å². The highest BCUT2D eigenvalue weighted by molar-refractivity contribution is 9.10. The molecule has 1 N–H and O–H groups in total. The molecular weight excluding hydrogens is 364 g/mol. The minimum Gasteiger partial charge on any atom is -0.382 e. The summed E-state index contributed by atoms with van der Waals surface area (Å²) < 4.78 is 6.29. The molecule has 3 nitrogen and oxygen atoms in total. The van der Waals surface area contributed by atoms with E-state index >= 15 is 0 Å². The number of hydrogen-bond donors (Lipinski definition) is 1. The Balaban J connectivity index is 2.12. The molecule has 1 aliphatic heterocycles. The smallest absolute Gasteiger partial charge is 0.0756 e. The van der Waals surface area contributed by atoms with Gasteiger partial charge in [-0.3, -0.25) is 4.99 Å². The van der Waals surface area contributed by atoms with Gasteiger partial charge in [-0.15, -0.1) is 0 Å². The first-order valence-corrected chi connectivity index (χ1v) is 8.21. The van der Waals surface area contributed by atoms with Crippen LogP contribution in [0.1, 0.15) is 11.1 Å². The third kappa shape index (κ3) is 3.19. The molecule has 0 saturated carbocycles. The van der Waals surface area contributed by atoms with Crippen molar-refractivity contribution >= 4 is 38.9 Å². The van der Waals surface area contributed by atoms with Crippen LogP contribution in [0.25, 0.3) is 0 Å². The van der Waals surface area contributed by atoms with Crippen molar-refractivity contribution in [1.82, 2.24) is 0 Å². The van der Waals surface area contributed by atoms with Crippen LogP contribution in [-0.4, -0.2) is 32.0 Å². The molecule has 1 aliphatic rings. The van der Waals surface area contributed by atoms with Crippen molar-refractivity contribution in [3.63, 3.8) is 0 Å². The van der Waals surface area contributed by atoms with E-state index in [1.807, 2.05) is 30.3 Å². The van der Waals surface area contributed by atoms with Crippen LogP contribution in [0.3, 0.4) is 0 Å². The maximum absolute atomic E-state index is 6.38. The number of rotatable bonds is 3. The topological polar surface area (TPSA) is 33.6 Å². The zero-order valence-electron chi connectivity index (χ0n) is 12.1. The number of anilines is 1. The maximum atomic E-state index is 6.38. The van der Waals surface area contributed by atoms with Crippen molar-refractivity contribution in [3.8, 4) is 0 Å². The van der Waals surface area contributed by atoms with E-state index in [4.69, 9.17) is 21.3 Å². The van der Waals surface area contributed by atoms with Crippen LogP contribution in [0.2, 0.25) is 5.02 Å². The van der Waals surface area contributed by atoms with Crippen LogP contribution in [0.5, 0.6) is 0 Å². The predicted molar refractivity (Wildman–Crippen MR) is 95.4 cm³/mol. The minimum absolute atomic E-state index is 0.143. The van der Waals surface area contributed by atoms with Crippen LogP contribution in [0, 0.1) is 0 Å². The van der Waals surface area contributed by atoms with E-state index in [2.05, 4.69) is 33.4 Å². The van der Waals surface area contributed by atoms with Crippen LogP contribution in [0.4, 0.5) is 5.69 Å². The minimum atomic E-state index is 0.143. The van der Waals surface area contributed by atoms with Gasteiger partial charge in [-0.1, -0.05) is 45.7 Å². The number of aliphatic imine (C=N–C) groups is 1. The molecule has 1 heterocycles. The number of fused-ring (bicyclic) bond motifs is 1. The third-order valence-corrected chi connectivity index (χ3v) is 4.39. The average molecular weight is 380 g/mol. The largest absolute Gasteiger partial charge is 0.382 e. The van der Waals surface area contributed by atoms with Crippen molar-refractivity contribution < 1.29 is 4.74 Å². The number of methoxy groups -OCH3 is 1. The summed E-state index contributed by atoms with van der Waals surface area (Å²) in [7, 11) is 1.70. The van der Waals surface area contributed by atoms with Gasteiger partial charge in [0.2, 0.25) is 0 Å². The fraction of sp³-hybridized carbons (Fsp3) is 0.235. The summed E-state index contributed by atoms with van der Waals surface area (Å²) >= 11 is 9.92. The van der Waals surface area contributed by atoms with E-state index < -0.39 is 0 Å². The quantitative estimate of drug-likeness (QED) is 0.858. The molecule has 1 atom stereocenters. The van der Waals surface area contributed by atoms with E-state index in [1.54, 1.807) is 7.11 Å². The Kier molecular flexibility index (Phi) is 4.81. The van der Waals surface area contributed by atoms with Crippen molar-refractivity contribution in [1.29, 1.82) is 0 Å². The normalized spacial score (nSPS) is 17.2. The molecule has 114 valence electrons. The Hall–Kier alpha value is -1.36. The summed E-state index contributed by atoms with van der Waals surface area (Å²) in [6, 6.07) is 14.1. The first kappa shape index (κ1) is 15.5. The van der Waals surface area contributed by atoms with Crippen molar-refractivity contribution in [2.75, 3.05) is 25.6 Å². The van der Waals surface area contributed by atoms with Gasteiger partial charge in [0.25, 0.3) is 0 Å². The Morgan fingerprint density at radius 2 is 2.09 bits per heavy atom. The lowest BCUT2D eigenvalue weighted by Crippen LogP contribution is -2.27. The lowest BCUT2D eigenvalue weighted by molar-refractivity contribution is 0.188. The molecule has 3 rings (SSSR count). The lowest BCUT2D eigenvalue weighted by atomic mass is 10.0. The fourth-order valence-electron chi connectivity index (χ4n) is 2.57. The number of nitrogens with zero attached hydrogens (tertiary/aromatic N) is 1. The molecule has 0 fully saturated rings. The molecule has 0 amide bonds. The van der Waals surface area contributed by atoms with E-state index in [0.717, 1.165) is 27.0 Å². The van der Waals surface area contributed by atoms with Gasteiger partial charge in [-0.25, -0.2) is 0 Å². The maximum Gasteiger partial charge on any atom is 0.0756 e. The monoisotopic (exact) mass is 378 g/mol. The molecule has 0 aromatic heterocycles. The zero-order valence-corrected chi connectivity index (χ0v) is 14.5. The third-order valence-electron chi connectivity index (χ3n) is 3.56. The van der Waals surface area contributed by atoms with Gasteiger partial charge in [0, 0.05) is 33.4 Å². The van der Waals surface area contributed by atoms with Crippen LogP contribution in [0.15, 0.2) is 51.9 Å². The van der Waals surface area contributed by atoms with Gasteiger partial charge in [0.15, 0.2) is 0 Å². The molecule has 0 saturated heterocycles. The highest BCUT2D eigenvalue weighted by Crippen LogP contribution is 2.29. The number of halogens is 2. The number of ether oxygens (including phenoxy) is 1. The van der Waals surface area contributed by atoms with Gasteiger partial charge in [0.1, 0.15) is 0 Å². The fourth-order valence-corrected chi connectivity index (χ4v) is 3.16. The first-order chi connectivity index (χ1) is 10.7. The highest BCUT2D eigenvalue weighted by atomic mass is 79.9. The SMILES string of the molecule is COCC1CN=C(c2ccccc2Cl)c2cc(Br)ccc2N1. The summed E-state index contributed by atoms with van der Waals surface area (Å²) in [5.41, 5.74) is 3.94. The molecule has 0 bridgehead atoms. The predicted octanol–water partition coefficient (Wildman–Crippen LogP) is 4.38. The van der Waals surface area contributed by atoms with Crippen molar-refractivity contribution in [2.24, 2.45) is 4.99 Å². The molecule has 1 unspecified atom stereocenters. The zero-order chi connectivity index (χ0) is 15.5. The summed E-state index contributed by atoms with van der Waals surface area (Å²) in [6.07, 6.45) is 0. The lowest BCUT2D eigenvalue weighted by Gasteiger charge is -2.16. The summed E-state index contributed by atoms with van der Waals surface area (Å²) in [5, 5.41) is 4.21. The van der Waals surface area contributed by atoms with E-state index in [9.17, 15) is 0 Å². The molecule has 22 heavy (non-hydrogen) atoms. The molecule has 2 aromatic rings. The molecule has 0 aliphatic carbocycles. The second-order valence-electron chi connectivity index (χ2n) is 5.16. The Morgan fingerprint density at radius 3 is 2.86 bits per heavy atom. The molecule has 0 radical (unpaired) electrons. The average Bonchev–Trinajstić information content (AvgIpc) is 2.68. The van der Waals surface area contributed by atoms with E-state index in [-0.39, 0.29) is 6.04 Å². The summed E-state index contributed by atoms with van der Waals surface area (Å²) in [6.45, 7) is 1.25. The molecule has 0 spiro atoms. The molecule has 2 aromatic carbocycles. The number of nitrogens with one attached hydrogen (secondary N) is 1. The first-order valence-electron chi connectivity index (χ1n) is 7.04. The number of benzene rings is 2. The molecule has 5 heteroatoms. The highest BCUT2D eigenvalue weighted by Gasteiger charge is 2.21. The van der Waals surface area contributed by atoms with Gasteiger partial charge in [0.05, 0.1) is 24.9 Å². The number of hydrogen-bond acceptors (Lipinski definition) is 3. The second-order valence-corrected chi connectivity index (χ2v) is 6.48. The van der Waals surface area contributed by atoms with E-state index in [1.165, 1.54) is 0 Å². The van der Waals surface area contributed by atoms with Gasteiger partial charge >= 0.3 is 0 Å². The second kappa shape index (κ2) is 6.82. The van der Waals surface area contributed by atoms with Gasteiger partial charge in [-0.05, 0) is 24.3 Å². The van der Waals surface area contributed by atoms with Crippen LogP contribution < -0.4 is 5.32 Å². The van der Waals surface area contributed by atoms with Gasteiger partial charge in [-0.2, -0.15) is 0 Å². The molecular formula is C17H16BrClN2O.